The lowest BCUT2D eigenvalue weighted by atomic mass is 10.1. The Hall–Kier alpha value is -2.31. The second-order valence-corrected chi connectivity index (χ2v) is 4.50. The molecule has 7 heteroatoms. The molecule has 1 N–H and O–H groups in total. The van der Waals surface area contributed by atoms with Crippen LogP contribution in [0, 0.1) is 6.92 Å². The highest BCUT2D eigenvalue weighted by atomic mass is 19.4. The van der Waals surface area contributed by atoms with E-state index in [1.54, 1.807) is 31.2 Å². The first-order chi connectivity index (χ1) is 9.85. The molecule has 0 aliphatic rings. The van der Waals surface area contributed by atoms with Crippen LogP contribution >= 0.6 is 0 Å². The zero-order valence-electron chi connectivity index (χ0n) is 11.2. The van der Waals surface area contributed by atoms with Gasteiger partial charge in [0, 0.05) is 11.6 Å². The van der Waals surface area contributed by atoms with E-state index in [0.29, 0.717) is 17.0 Å². The summed E-state index contributed by atoms with van der Waals surface area (Å²) >= 11 is 0. The molecule has 4 nitrogen and oxygen atoms in total. The molecule has 0 amide bonds. The summed E-state index contributed by atoms with van der Waals surface area (Å²) in [5.74, 6) is 0.396. The summed E-state index contributed by atoms with van der Waals surface area (Å²) in [6.07, 6.45) is -5.22. The Labute approximate surface area is 118 Å². The van der Waals surface area contributed by atoms with Crippen molar-refractivity contribution in [1.82, 2.24) is 10.2 Å². The van der Waals surface area contributed by atoms with Crippen LogP contribution in [0.2, 0.25) is 0 Å². The molecule has 0 spiro atoms. The fourth-order valence-corrected chi connectivity index (χ4v) is 1.75. The first-order valence-corrected chi connectivity index (χ1v) is 6.21. The Morgan fingerprint density at radius 3 is 2.57 bits per heavy atom. The molecule has 0 radical (unpaired) electrons. The zero-order valence-corrected chi connectivity index (χ0v) is 11.2. The Balaban J connectivity index is 2.10. The molecule has 0 fully saturated rings. The van der Waals surface area contributed by atoms with Crippen LogP contribution in [0.25, 0.3) is 11.3 Å². The molecule has 0 saturated heterocycles. The molecule has 1 heterocycles. The molecular weight excluding hydrogens is 285 g/mol. The van der Waals surface area contributed by atoms with Gasteiger partial charge in [0.05, 0.1) is 18.7 Å². The van der Waals surface area contributed by atoms with Crippen molar-refractivity contribution < 1.29 is 17.9 Å². The number of aromatic nitrogens is 2. The summed E-state index contributed by atoms with van der Waals surface area (Å²) in [7, 11) is 0. The summed E-state index contributed by atoms with van der Waals surface area (Å²) in [6, 6.07) is 7.93. The predicted octanol–water partition coefficient (Wildman–Crippen LogP) is 3.08. The fourth-order valence-electron chi connectivity index (χ4n) is 1.75. The smallest absolute Gasteiger partial charge is 0.392 e. The van der Waals surface area contributed by atoms with Crippen LogP contribution in [0.1, 0.15) is 12.0 Å². The van der Waals surface area contributed by atoms with Gasteiger partial charge in [-0.2, -0.15) is 18.3 Å². The molecule has 2 rings (SSSR count). The van der Waals surface area contributed by atoms with Gasteiger partial charge in [0.25, 0.3) is 5.56 Å². The van der Waals surface area contributed by atoms with Crippen LogP contribution in [0.15, 0.2) is 35.1 Å². The minimum absolute atomic E-state index is 0.303. The molecule has 0 atom stereocenters. The molecule has 0 unspecified atom stereocenters. The van der Waals surface area contributed by atoms with Crippen molar-refractivity contribution >= 4 is 0 Å². The molecule has 0 saturated carbocycles. The summed E-state index contributed by atoms with van der Waals surface area (Å²) in [4.78, 5) is 10.9. The lowest BCUT2D eigenvalue weighted by molar-refractivity contribution is -0.139. The largest absolute Gasteiger partial charge is 0.493 e. The highest BCUT2D eigenvalue weighted by Crippen LogP contribution is 2.26. The van der Waals surface area contributed by atoms with E-state index >= 15 is 0 Å². The Bertz CT molecular complexity index is 660. The quantitative estimate of drug-likeness (QED) is 0.943. The number of aryl methyl sites for hydroxylation is 1. The standard InChI is InChI=1S/C14H13F3N2O2/c1-9-8-10(11-3-5-13(20)19-18-11)2-4-12(9)21-7-6-14(15,16)17/h2-5,8H,6-7H2,1H3,(H,19,20). The maximum Gasteiger partial charge on any atom is 0.392 e. The molecule has 1 aromatic heterocycles. The summed E-state index contributed by atoms with van der Waals surface area (Å²) in [6.45, 7) is 1.32. The second kappa shape index (κ2) is 5.99. The lowest BCUT2D eigenvalue weighted by Crippen LogP contribution is -2.13. The van der Waals surface area contributed by atoms with Crippen molar-refractivity contribution in [2.75, 3.05) is 6.61 Å². The number of rotatable bonds is 4. The van der Waals surface area contributed by atoms with E-state index in [4.69, 9.17) is 4.74 Å². The van der Waals surface area contributed by atoms with Gasteiger partial charge in [0.1, 0.15) is 5.75 Å². The van der Waals surface area contributed by atoms with Crippen LogP contribution in [0.4, 0.5) is 13.2 Å². The van der Waals surface area contributed by atoms with Crippen molar-refractivity contribution in [3.05, 3.63) is 46.2 Å². The number of hydrogen-bond donors (Lipinski definition) is 1. The summed E-state index contributed by atoms with van der Waals surface area (Å²) < 4.78 is 41.3. The number of H-pyrrole nitrogens is 1. The number of hydrogen-bond acceptors (Lipinski definition) is 3. The summed E-state index contributed by atoms with van der Waals surface area (Å²) in [5.41, 5.74) is 1.71. The third-order valence-corrected chi connectivity index (χ3v) is 2.79. The van der Waals surface area contributed by atoms with E-state index in [9.17, 15) is 18.0 Å². The molecule has 1 aromatic carbocycles. The van der Waals surface area contributed by atoms with Crippen molar-refractivity contribution in [3.8, 4) is 17.0 Å². The maximum atomic E-state index is 12.1. The molecule has 21 heavy (non-hydrogen) atoms. The van der Waals surface area contributed by atoms with Gasteiger partial charge in [0.2, 0.25) is 0 Å². The summed E-state index contributed by atoms with van der Waals surface area (Å²) in [5, 5.41) is 6.21. The van der Waals surface area contributed by atoms with Gasteiger partial charge in [-0.05, 0) is 36.8 Å². The van der Waals surface area contributed by atoms with E-state index in [1.807, 2.05) is 0 Å². The number of halogens is 3. The number of benzene rings is 1. The monoisotopic (exact) mass is 298 g/mol. The number of alkyl halides is 3. The van der Waals surface area contributed by atoms with Crippen LogP contribution < -0.4 is 10.3 Å². The highest BCUT2D eigenvalue weighted by Gasteiger charge is 2.26. The maximum absolute atomic E-state index is 12.1. The average molecular weight is 298 g/mol. The number of nitrogens with zero attached hydrogens (tertiary/aromatic N) is 1. The first kappa shape index (κ1) is 15.1. The van der Waals surface area contributed by atoms with Crippen molar-refractivity contribution in [3.63, 3.8) is 0 Å². The van der Waals surface area contributed by atoms with E-state index in [2.05, 4.69) is 10.2 Å². The number of nitrogens with one attached hydrogen (secondary N) is 1. The Kier molecular flexibility index (Phi) is 4.30. The van der Waals surface area contributed by atoms with E-state index < -0.39 is 19.2 Å². The molecule has 112 valence electrons. The average Bonchev–Trinajstić information content (AvgIpc) is 2.40. The molecule has 2 aromatic rings. The van der Waals surface area contributed by atoms with Gasteiger partial charge in [0.15, 0.2) is 0 Å². The zero-order chi connectivity index (χ0) is 15.5. The molecule has 0 aliphatic heterocycles. The van der Waals surface area contributed by atoms with Gasteiger partial charge in [-0.1, -0.05) is 0 Å². The van der Waals surface area contributed by atoms with Gasteiger partial charge in [-0.25, -0.2) is 5.10 Å². The second-order valence-electron chi connectivity index (χ2n) is 4.50. The number of ether oxygens (including phenoxy) is 1. The van der Waals surface area contributed by atoms with Crippen LogP contribution in [0.3, 0.4) is 0 Å². The van der Waals surface area contributed by atoms with Crippen LogP contribution in [-0.2, 0) is 0 Å². The van der Waals surface area contributed by atoms with Gasteiger partial charge in [-0.3, -0.25) is 4.79 Å². The van der Waals surface area contributed by atoms with Crippen molar-refractivity contribution in [1.29, 1.82) is 0 Å². The highest BCUT2D eigenvalue weighted by molar-refractivity contribution is 5.61. The van der Waals surface area contributed by atoms with E-state index in [0.717, 1.165) is 5.56 Å². The lowest BCUT2D eigenvalue weighted by Gasteiger charge is -2.11. The third-order valence-electron chi connectivity index (χ3n) is 2.79. The van der Waals surface area contributed by atoms with Gasteiger partial charge < -0.3 is 4.74 Å². The van der Waals surface area contributed by atoms with E-state index in [1.165, 1.54) is 6.07 Å². The molecular formula is C14H13F3N2O2. The topological polar surface area (TPSA) is 55.0 Å². The normalized spacial score (nSPS) is 11.4. The minimum Gasteiger partial charge on any atom is -0.493 e. The SMILES string of the molecule is Cc1cc(-c2ccc(=O)[nH]n2)ccc1OCCC(F)(F)F. The van der Waals surface area contributed by atoms with E-state index in [-0.39, 0.29) is 5.56 Å². The van der Waals surface area contributed by atoms with Crippen molar-refractivity contribution in [2.45, 2.75) is 19.5 Å². The Morgan fingerprint density at radius 1 is 1.24 bits per heavy atom. The first-order valence-electron chi connectivity index (χ1n) is 6.21. The molecule has 0 bridgehead atoms. The fraction of sp³-hybridized carbons (Fsp3) is 0.286. The molecule has 0 aliphatic carbocycles. The minimum atomic E-state index is -4.23. The third kappa shape index (κ3) is 4.34. The van der Waals surface area contributed by atoms with Gasteiger partial charge in [-0.15, -0.1) is 0 Å². The van der Waals surface area contributed by atoms with Crippen LogP contribution in [0.5, 0.6) is 5.75 Å². The Morgan fingerprint density at radius 2 is 2.00 bits per heavy atom. The van der Waals surface area contributed by atoms with Crippen molar-refractivity contribution in [2.24, 2.45) is 0 Å². The number of aromatic amines is 1. The predicted molar refractivity (Wildman–Crippen MR) is 71.2 cm³/mol. The van der Waals surface area contributed by atoms with Gasteiger partial charge >= 0.3 is 6.18 Å². The van der Waals surface area contributed by atoms with Crippen LogP contribution in [-0.4, -0.2) is 23.0 Å².